The zero-order chi connectivity index (χ0) is 16.7. The van der Waals surface area contributed by atoms with Crippen LogP contribution in [0.15, 0.2) is 53.2 Å². The number of cyclic esters (lactones) is 1. The third-order valence-electron chi connectivity index (χ3n) is 3.95. The summed E-state index contributed by atoms with van der Waals surface area (Å²) in [6, 6.07) is 13.0. The van der Waals surface area contributed by atoms with Crippen molar-refractivity contribution in [1.82, 2.24) is 0 Å². The molecule has 0 aromatic heterocycles. The molecule has 4 nitrogen and oxygen atoms in total. The van der Waals surface area contributed by atoms with Gasteiger partial charge in [0.15, 0.2) is 5.70 Å². The van der Waals surface area contributed by atoms with Crippen molar-refractivity contribution in [3.05, 3.63) is 69.9 Å². The highest BCUT2D eigenvalue weighted by molar-refractivity contribution is 6.34. The first kappa shape index (κ1) is 15.0. The molecular weight excluding hydrogens is 326 g/mol. The van der Waals surface area contributed by atoms with Crippen LogP contribution in [0.25, 0.3) is 6.08 Å². The first-order valence-corrected chi connectivity index (χ1v) is 8.05. The predicted octanol–water partition coefficient (Wildman–Crippen LogP) is 4.01. The molecule has 0 saturated carbocycles. The number of nitrogens with zero attached hydrogens (tertiary/aromatic N) is 1. The lowest BCUT2D eigenvalue weighted by Crippen LogP contribution is -2.05. The molecule has 1 unspecified atom stereocenters. The van der Waals surface area contributed by atoms with E-state index in [0.29, 0.717) is 10.6 Å². The van der Waals surface area contributed by atoms with Crippen LogP contribution in [0, 0.1) is 0 Å². The summed E-state index contributed by atoms with van der Waals surface area (Å²) in [6.07, 6.45) is 2.77. The van der Waals surface area contributed by atoms with E-state index in [4.69, 9.17) is 21.1 Å². The molecule has 4 rings (SSSR count). The summed E-state index contributed by atoms with van der Waals surface area (Å²) >= 11 is 6.13. The highest BCUT2D eigenvalue weighted by Gasteiger charge is 2.26. The summed E-state index contributed by atoms with van der Waals surface area (Å²) in [4.78, 5) is 16.4. The minimum Gasteiger partial charge on any atom is -0.490 e. The van der Waals surface area contributed by atoms with Gasteiger partial charge in [0, 0.05) is 6.42 Å². The van der Waals surface area contributed by atoms with Crippen molar-refractivity contribution in [3.63, 3.8) is 0 Å². The third-order valence-corrected chi connectivity index (χ3v) is 4.28. The summed E-state index contributed by atoms with van der Waals surface area (Å²) in [6.45, 7) is 2.03. The topological polar surface area (TPSA) is 47.9 Å². The van der Waals surface area contributed by atoms with Gasteiger partial charge in [0.25, 0.3) is 0 Å². The van der Waals surface area contributed by atoms with E-state index in [2.05, 4.69) is 4.99 Å². The summed E-state index contributed by atoms with van der Waals surface area (Å²) in [5, 5.41) is 0.494. The lowest BCUT2D eigenvalue weighted by Gasteiger charge is -2.02. The second-order valence-electron chi connectivity index (χ2n) is 5.82. The Morgan fingerprint density at radius 2 is 2.08 bits per heavy atom. The van der Waals surface area contributed by atoms with Crippen LogP contribution in [-0.4, -0.2) is 18.0 Å². The number of rotatable bonds is 2. The van der Waals surface area contributed by atoms with E-state index in [1.807, 2.05) is 37.3 Å². The fourth-order valence-corrected chi connectivity index (χ4v) is 3.07. The maximum absolute atomic E-state index is 12.1. The molecule has 0 N–H and O–H groups in total. The van der Waals surface area contributed by atoms with Crippen LogP contribution in [0.5, 0.6) is 5.75 Å². The normalized spacial score (nSPS) is 20.6. The van der Waals surface area contributed by atoms with E-state index in [0.717, 1.165) is 23.3 Å². The van der Waals surface area contributed by atoms with Gasteiger partial charge in [-0.1, -0.05) is 29.8 Å². The number of ether oxygens (including phenoxy) is 2. The fourth-order valence-electron chi connectivity index (χ4n) is 2.85. The number of hydrogen-bond acceptors (Lipinski definition) is 4. The lowest BCUT2D eigenvalue weighted by atomic mass is 10.1. The van der Waals surface area contributed by atoms with Crippen LogP contribution in [0.3, 0.4) is 0 Å². The van der Waals surface area contributed by atoms with Crippen molar-refractivity contribution in [2.75, 3.05) is 0 Å². The highest BCUT2D eigenvalue weighted by atomic mass is 35.5. The highest BCUT2D eigenvalue weighted by Crippen LogP contribution is 2.30. The third kappa shape index (κ3) is 2.69. The van der Waals surface area contributed by atoms with E-state index in [1.54, 1.807) is 18.2 Å². The molecule has 0 spiro atoms. The first-order valence-electron chi connectivity index (χ1n) is 7.67. The minimum absolute atomic E-state index is 0.184. The van der Waals surface area contributed by atoms with E-state index in [-0.39, 0.29) is 17.7 Å². The van der Waals surface area contributed by atoms with Crippen molar-refractivity contribution in [3.8, 4) is 5.75 Å². The van der Waals surface area contributed by atoms with Crippen LogP contribution in [-0.2, 0) is 16.0 Å². The Kier molecular flexibility index (Phi) is 3.62. The molecule has 2 aliphatic heterocycles. The van der Waals surface area contributed by atoms with Crippen molar-refractivity contribution in [2.45, 2.75) is 19.4 Å². The van der Waals surface area contributed by atoms with Crippen LogP contribution < -0.4 is 4.74 Å². The molecule has 0 fully saturated rings. The van der Waals surface area contributed by atoms with E-state index in [9.17, 15) is 4.79 Å². The molecule has 2 aromatic carbocycles. The standard InChI is InChI=1S/C19H14ClNO3/c1-11-8-13-9-12(6-7-17(13)23-11)10-16-19(22)24-18(21-16)14-4-2-3-5-15(14)20/h2-7,9-11H,8H2,1H3/b16-10+. The monoisotopic (exact) mass is 339 g/mol. The average Bonchev–Trinajstić information content (AvgIpc) is 3.09. The Morgan fingerprint density at radius 1 is 1.25 bits per heavy atom. The number of carbonyl (C=O) groups is 1. The van der Waals surface area contributed by atoms with Crippen LogP contribution in [0.4, 0.5) is 0 Å². The molecule has 120 valence electrons. The Balaban J connectivity index is 1.67. The molecule has 5 heteroatoms. The number of carbonyl (C=O) groups excluding carboxylic acids is 1. The molecule has 0 radical (unpaired) electrons. The van der Waals surface area contributed by atoms with Gasteiger partial charge >= 0.3 is 5.97 Å². The molecule has 0 bridgehead atoms. The van der Waals surface area contributed by atoms with E-state index < -0.39 is 5.97 Å². The van der Waals surface area contributed by atoms with Gasteiger partial charge in [0.05, 0.1) is 10.6 Å². The number of esters is 1. The first-order chi connectivity index (χ1) is 11.6. The van der Waals surface area contributed by atoms with Crippen molar-refractivity contribution < 1.29 is 14.3 Å². The number of aliphatic imine (C=N–C) groups is 1. The molecule has 2 aliphatic rings. The van der Waals surface area contributed by atoms with Gasteiger partial charge in [-0.05, 0) is 48.4 Å². The molecule has 2 aromatic rings. The van der Waals surface area contributed by atoms with Crippen molar-refractivity contribution in [2.24, 2.45) is 4.99 Å². The average molecular weight is 340 g/mol. The zero-order valence-electron chi connectivity index (χ0n) is 13.0. The quantitative estimate of drug-likeness (QED) is 0.613. The van der Waals surface area contributed by atoms with Gasteiger partial charge in [-0.25, -0.2) is 9.79 Å². The molecule has 24 heavy (non-hydrogen) atoms. The van der Waals surface area contributed by atoms with Crippen molar-refractivity contribution in [1.29, 1.82) is 0 Å². The van der Waals surface area contributed by atoms with Crippen LogP contribution in [0.2, 0.25) is 5.02 Å². The Bertz CT molecular complexity index is 901. The Morgan fingerprint density at radius 3 is 2.92 bits per heavy atom. The van der Waals surface area contributed by atoms with Crippen LogP contribution >= 0.6 is 11.6 Å². The van der Waals surface area contributed by atoms with E-state index >= 15 is 0 Å². The molecular formula is C19H14ClNO3. The summed E-state index contributed by atoms with van der Waals surface area (Å²) in [5.41, 5.74) is 2.89. The van der Waals surface area contributed by atoms with Crippen molar-refractivity contribution >= 4 is 29.5 Å². The summed E-state index contributed by atoms with van der Waals surface area (Å²) < 4.78 is 10.9. The molecule has 0 aliphatic carbocycles. The second kappa shape index (κ2) is 5.80. The smallest absolute Gasteiger partial charge is 0.363 e. The minimum atomic E-state index is -0.477. The second-order valence-corrected chi connectivity index (χ2v) is 6.22. The summed E-state index contributed by atoms with van der Waals surface area (Å²) in [5.74, 6) is 0.656. The molecule has 0 saturated heterocycles. The molecule has 1 atom stereocenters. The van der Waals surface area contributed by atoms with Gasteiger partial charge < -0.3 is 9.47 Å². The largest absolute Gasteiger partial charge is 0.490 e. The maximum atomic E-state index is 12.1. The number of benzene rings is 2. The molecule has 2 heterocycles. The SMILES string of the molecule is CC1Cc2cc(/C=C3/N=C(c4ccccc4Cl)OC3=O)ccc2O1. The van der Waals surface area contributed by atoms with Gasteiger partial charge in [-0.2, -0.15) is 0 Å². The Hall–Kier alpha value is -2.59. The van der Waals surface area contributed by atoms with Gasteiger partial charge in [0.2, 0.25) is 5.90 Å². The Labute approximate surface area is 144 Å². The van der Waals surface area contributed by atoms with Crippen LogP contribution in [0.1, 0.15) is 23.6 Å². The lowest BCUT2D eigenvalue weighted by molar-refractivity contribution is -0.129. The fraction of sp³-hybridized carbons (Fsp3) is 0.158. The number of hydrogen-bond donors (Lipinski definition) is 0. The maximum Gasteiger partial charge on any atom is 0.363 e. The van der Waals surface area contributed by atoms with Gasteiger partial charge in [-0.15, -0.1) is 0 Å². The number of halogens is 1. The predicted molar refractivity (Wildman–Crippen MR) is 92.3 cm³/mol. The zero-order valence-corrected chi connectivity index (χ0v) is 13.7. The summed E-state index contributed by atoms with van der Waals surface area (Å²) in [7, 11) is 0. The van der Waals surface area contributed by atoms with Gasteiger partial charge in [-0.3, -0.25) is 0 Å². The molecule has 0 amide bonds. The van der Waals surface area contributed by atoms with Gasteiger partial charge in [0.1, 0.15) is 11.9 Å². The van der Waals surface area contributed by atoms with E-state index in [1.165, 1.54) is 0 Å². The number of fused-ring (bicyclic) bond motifs is 1.